The Hall–Kier alpha value is -1.08. The highest BCUT2D eigenvalue weighted by Gasteiger charge is 2.47. The van der Waals surface area contributed by atoms with E-state index in [1.165, 1.54) is 11.1 Å². The maximum absolute atomic E-state index is 5.76. The Bertz CT molecular complexity index is 355. The first-order valence-corrected chi connectivity index (χ1v) is 5.55. The molecule has 15 heavy (non-hydrogen) atoms. The van der Waals surface area contributed by atoms with Gasteiger partial charge in [-0.2, -0.15) is 0 Å². The van der Waals surface area contributed by atoms with Gasteiger partial charge in [-0.25, -0.2) is 0 Å². The van der Waals surface area contributed by atoms with Gasteiger partial charge < -0.3 is 4.74 Å². The van der Waals surface area contributed by atoms with E-state index in [-0.39, 0.29) is 5.41 Å². The van der Waals surface area contributed by atoms with Gasteiger partial charge in [-0.3, -0.25) is 0 Å². The fourth-order valence-corrected chi connectivity index (χ4v) is 2.34. The lowest BCUT2D eigenvalue weighted by Gasteiger charge is -2.49. The van der Waals surface area contributed by atoms with Crippen LogP contribution in [0, 0.1) is 0 Å². The van der Waals surface area contributed by atoms with Gasteiger partial charge in [0, 0.05) is 12.0 Å². The molecule has 0 aromatic heterocycles. The van der Waals surface area contributed by atoms with E-state index in [1.54, 1.807) is 0 Å². The van der Waals surface area contributed by atoms with Gasteiger partial charge in [0.25, 0.3) is 0 Å². The highest BCUT2D eigenvalue weighted by Crippen LogP contribution is 2.48. The normalized spacial score (nSPS) is 30.0. The first-order valence-electron chi connectivity index (χ1n) is 5.55. The predicted octanol–water partition coefficient (Wildman–Crippen LogP) is 3.31. The fraction of sp³-hybridized carbons (Fsp3) is 0.429. The van der Waals surface area contributed by atoms with E-state index < -0.39 is 0 Å². The van der Waals surface area contributed by atoms with Gasteiger partial charge in [0.05, 0.1) is 6.10 Å². The third-order valence-corrected chi connectivity index (χ3v) is 3.55. The molecule has 0 bridgehead atoms. The minimum absolute atomic E-state index is 0.0251. The Morgan fingerprint density at radius 2 is 2.07 bits per heavy atom. The van der Waals surface area contributed by atoms with Crippen LogP contribution in [0.3, 0.4) is 0 Å². The first kappa shape index (κ1) is 10.4. The second-order valence-electron chi connectivity index (χ2n) is 4.32. The molecule has 0 saturated heterocycles. The van der Waals surface area contributed by atoms with Gasteiger partial charge in [-0.15, -0.1) is 0 Å². The fourth-order valence-electron chi connectivity index (χ4n) is 2.34. The SMILES string of the molecule is C=C1C[C@H](OCC)[C@@]1(C)c1ccccc1. The summed E-state index contributed by atoms with van der Waals surface area (Å²) in [6, 6.07) is 10.5. The van der Waals surface area contributed by atoms with Gasteiger partial charge in [-0.1, -0.05) is 42.5 Å². The van der Waals surface area contributed by atoms with E-state index in [2.05, 4.69) is 37.8 Å². The molecule has 0 heterocycles. The summed E-state index contributed by atoms with van der Waals surface area (Å²) in [5.41, 5.74) is 2.63. The number of hydrogen-bond acceptors (Lipinski definition) is 1. The van der Waals surface area contributed by atoms with Crippen molar-refractivity contribution in [1.82, 2.24) is 0 Å². The van der Waals surface area contributed by atoms with Crippen LogP contribution >= 0.6 is 0 Å². The molecule has 0 spiro atoms. The number of rotatable bonds is 3. The van der Waals surface area contributed by atoms with Gasteiger partial charge in [-0.05, 0) is 25.8 Å². The van der Waals surface area contributed by atoms with Crippen LogP contribution in [0.15, 0.2) is 42.5 Å². The van der Waals surface area contributed by atoms with Gasteiger partial charge in [0.15, 0.2) is 0 Å². The molecule has 0 aliphatic heterocycles. The highest BCUT2D eigenvalue weighted by atomic mass is 16.5. The summed E-state index contributed by atoms with van der Waals surface area (Å²) in [5, 5.41) is 0. The average molecular weight is 202 g/mol. The van der Waals surface area contributed by atoms with E-state index in [1.807, 2.05) is 13.0 Å². The predicted molar refractivity (Wildman–Crippen MR) is 63.0 cm³/mol. The summed E-state index contributed by atoms with van der Waals surface area (Å²) < 4.78 is 5.76. The quantitative estimate of drug-likeness (QED) is 0.683. The Labute approximate surface area is 91.8 Å². The molecule has 2 atom stereocenters. The van der Waals surface area contributed by atoms with E-state index in [0.29, 0.717) is 6.10 Å². The number of ether oxygens (including phenoxy) is 1. The van der Waals surface area contributed by atoms with Crippen LogP contribution in [0.25, 0.3) is 0 Å². The van der Waals surface area contributed by atoms with Crippen molar-refractivity contribution in [1.29, 1.82) is 0 Å². The van der Waals surface area contributed by atoms with Crippen molar-refractivity contribution in [3.05, 3.63) is 48.0 Å². The van der Waals surface area contributed by atoms with E-state index in [0.717, 1.165) is 13.0 Å². The molecule has 1 nitrogen and oxygen atoms in total. The van der Waals surface area contributed by atoms with Crippen LogP contribution in [-0.2, 0) is 10.2 Å². The summed E-state index contributed by atoms with van der Waals surface area (Å²) >= 11 is 0. The summed E-state index contributed by atoms with van der Waals surface area (Å²) in [6.07, 6.45) is 1.30. The molecule has 0 N–H and O–H groups in total. The third kappa shape index (κ3) is 1.51. The van der Waals surface area contributed by atoms with Crippen LogP contribution in [0.2, 0.25) is 0 Å². The van der Waals surface area contributed by atoms with Gasteiger partial charge in [0.2, 0.25) is 0 Å². The monoisotopic (exact) mass is 202 g/mol. The lowest BCUT2D eigenvalue weighted by atomic mass is 9.60. The smallest absolute Gasteiger partial charge is 0.0743 e. The zero-order valence-electron chi connectivity index (χ0n) is 9.49. The molecule has 2 rings (SSSR count). The van der Waals surface area contributed by atoms with E-state index in [9.17, 15) is 0 Å². The molecule has 1 aliphatic carbocycles. The minimum atomic E-state index is 0.0251. The van der Waals surface area contributed by atoms with Crippen molar-refractivity contribution >= 4 is 0 Å². The molecule has 0 radical (unpaired) electrons. The van der Waals surface area contributed by atoms with Crippen molar-refractivity contribution in [2.24, 2.45) is 0 Å². The van der Waals surface area contributed by atoms with Crippen molar-refractivity contribution in [3.63, 3.8) is 0 Å². The maximum atomic E-state index is 5.76. The van der Waals surface area contributed by atoms with E-state index >= 15 is 0 Å². The van der Waals surface area contributed by atoms with Crippen molar-refractivity contribution in [2.75, 3.05) is 6.61 Å². The third-order valence-electron chi connectivity index (χ3n) is 3.55. The Balaban J connectivity index is 2.28. The Morgan fingerprint density at radius 1 is 1.40 bits per heavy atom. The van der Waals surface area contributed by atoms with Crippen molar-refractivity contribution in [3.8, 4) is 0 Å². The molecule has 1 heteroatoms. The minimum Gasteiger partial charge on any atom is -0.377 e. The molecule has 1 saturated carbocycles. The lowest BCUT2D eigenvalue weighted by molar-refractivity contribution is -0.0168. The van der Waals surface area contributed by atoms with Gasteiger partial charge >= 0.3 is 0 Å². The molecule has 80 valence electrons. The zero-order chi connectivity index (χ0) is 10.9. The molecule has 1 fully saturated rings. The summed E-state index contributed by atoms with van der Waals surface area (Å²) in [4.78, 5) is 0. The van der Waals surface area contributed by atoms with Gasteiger partial charge in [0.1, 0.15) is 0 Å². The second-order valence-corrected chi connectivity index (χ2v) is 4.32. The molecule has 1 aliphatic rings. The summed E-state index contributed by atoms with van der Waals surface area (Å²) in [5.74, 6) is 0. The first-order chi connectivity index (χ1) is 7.19. The molecule has 1 aromatic rings. The van der Waals surface area contributed by atoms with Crippen LogP contribution in [0.1, 0.15) is 25.8 Å². The zero-order valence-corrected chi connectivity index (χ0v) is 9.49. The Kier molecular flexibility index (Phi) is 2.66. The van der Waals surface area contributed by atoms with Crippen LogP contribution in [0.5, 0.6) is 0 Å². The Morgan fingerprint density at radius 3 is 2.60 bits per heavy atom. The standard InChI is InChI=1S/C14H18O/c1-4-15-13-10-11(2)14(13,3)12-8-6-5-7-9-12/h5-9,13H,2,4,10H2,1,3H3/t13-,14+/m0/s1. The molecule has 0 unspecified atom stereocenters. The maximum Gasteiger partial charge on any atom is 0.0743 e. The van der Waals surface area contributed by atoms with E-state index in [4.69, 9.17) is 4.74 Å². The average Bonchev–Trinajstić information content (AvgIpc) is 2.29. The lowest BCUT2D eigenvalue weighted by Crippen LogP contribution is -2.50. The summed E-state index contributed by atoms with van der Waals surface area (Å²) in [6.45, 7) is 9.20. The van der Waals surface area contributed by atoms with Crippen molar-refractivity contribution < 1.29 is 4.74 Å². The van der Waals surface area contributed by atoms with Crippen molar-refractivity contribution in [2.45, 2.75) is 31.8 Å². The molecular formula is C14H18O. The van der Waals surface area contributed by atoms with Crippen LogP contribution in [0.4, 0.5) is 0 Å². The topological polar surface area (TPSA) is 9.23 Å². The molecular weight excluding hydrogens is 184 g/mol. The molecule has 0 amide bonds. The highest BCUT2D eigenvalue weighted by molar-refractivity contribution is 5.42. The second kappa shape index (κ2) is 3.82. The number of hydrogen-bond donors (Lipinski definition) is 0. The summed E-state index contributed by atoms with van der Waals surface area (Å²) in [7, 11) is 0. The van der Waals surface area contributed by atoms with Crippen LogP contribution in [-0.4, -0.2) is 12.7 Å². The molecule has 1 aromatic carbocycles. The number of benzene rings is 1. The largest absolute Gasteiger partial charge is 0.377 e. The van der Waals surface area contributed by atoms with Crippen LogP contribution < -0.4 is 0 Å².